The van der Waals surface area contributed by atoms with Crippen LogP contribution in [0.5, 0.6) is 11.5 Å². The van der Waals surface area contributed by atoms with Crippen LogP contribution in [0.4, 0.5) is 19.0 Å². The minimum atomic E-state index is -3.78. The molecule has 1 unspecified atom stereocenters. The predicted molar refractivity (Wildman–Crippen MR) is 138 cm³/mol. The Balaban J connectivity index is 1.60. The van der Waals surface area contributed by atoms with Crippen LogP contribution in [0.25, 0.3) is 10.9 Å². The highest BCUT2D eigenvalue weighted by Gasteiger charge is 2.49. The Morgan fingerprint density at radius 2 is 1.89 bits per heavy atom. The van der Waals surface area contributed by atoms with Crippen molar-refractivity contribution in [1.82, 2.24) is 9.97 Å². The zero-order valence-corrected chi connectivity index (χ0v) is 22.3. The maximum atomic E-state index is 15.1. The first kappa shape index (κ1) is 27.9. The molecule has 2 N–H and O–H groups in total. The van der Waals surface area contributed by atoms with E-state index in [0.29, 0.717) is 40.7 Å². The van der Waals surface area contributed by atoms with Crippen LogP contribution in [-0.2, 0) is 17.2 Å². The maximum absolute atomic E-state index is 15.1. The molecule has 206 valence electrons. The Bertz CT molecular complexity index is 1290. The summed E-state index contributed by atoms with van der Waals surface area (Å²) in [6, 6.07) is 7.19. The fourth-order valence-electron chi connectivity index (χ4n) is 4.17. The van der Waals surface area contributed by atoms with Gasteiger partial charge in [0.15, 0.2) is 11.5 Å². The smallest absolute Gasteiger partial charge is 0.303 e. The van der Waals surface area contributed by atoms with Crippen LogP contribution >= 0.6 is 0 Å². The number of aromatic nitrogens is 2. The summed E-state index contributed by atoms with van der Waals surface area (Å²) in [5, 5.41) is 13.6. The van der Waals surface area contributed by atoms with E-state index in [0.717, 1.165) is 32.8 Å². The van der Waals surface area contributed by atoms with E-state index in [4.69, 9.17) is 14.2 Å². The van der Waals surface area contributed by atoms with Gasteiger partial charge in [0, 0.05) is 23.6 Å². The van der Waals surface area contributed by atoms with Gasteiger partial charge in [-0.3, -0.25) is 0 Å². The van der Waals surface area contributed by atoms with Gasteiger partial charge in [-0.25, -0.2) is 14.4 Å². The van der Waals surface area contributed by atoms with Gasteiger partial charge in [0.2, 0.25) is 0 Å². The molecule has 38 heavy (non-hydrogen) atoms. The fourth-order valence-corrected chi connectivity index (χ4v) is 4.17. The number of hydrogen-bond acceptors (Lipinski definition) is 7. The zero-order valence-electron chi connectivity index (χ0n) is 22.3. The molecule has 1 aliphatic carbocycles. The number of ether oxygens (including phenoxy) is 3. The second kappa shape index (κ2) is 10.9. The molecule has 0 spiro atoms. The first-order valence-electron chi connectivity index (χ1n) is 12.7. The Morgan fingerprint density at radius 1 is 1.16 bits per heavy atom. The molecule has 0 aliphatic heterocycles. The van der Waals surface area contributed by atoms with Crippen LogP contribution in [-0.4, -0.2) is 46.6 Å². The van der Waals surface area contributed by atoms with Crippen LogP contribution in [0.3, 0.4) is 0 Å². The van der Waals surface area contributed by atoms with Crippen molar-refractivity contribution in [3.05, 3.63) is 53.1 Å². The van der Waals surface area contributed by atoms with Gasteiger partial charge in [-0.05, 0) is 59.1 Å². The molecule has 1 aliphatic rings. The molecule has 0 bridgehead atoms. The summed E-state index contributed by atoms with van der Waals surface area (Å²) in [5.74, 6) is -3.07. The predicted octanol–water partition coefficient (Wildman–Crippen LogP) is 5.90. The number of rotatable bonds is 11. The topological polar surface area (TPSA) is 85.7 Å². The highest BCUT2D eigenvalue weighted by atomic mass is 19.3. The van der Waals surface area contributed by atoms with Crippen molar-refractivity contribution >= 4 is 16.7 Å². The van der Waals surface area contributed by atoms with E-state index in [1.807, 2.05) is 6.92 Å². The number of methoxy groups -OCH3 is 1. The summed E-state index contributed by atoms with van der Waals surface area (Å²) >= 11 is 0. The average Bonchev–Trinajstić information content (AvgIpc) is 2.81. The van der Waals surface area contributed by atoms with Gasteiger partial charge in [0.1, 0.15) is 29.2 Å². The molecular formula is C28H34F3N3O4. The van der Waals surface area contributed by atoms with E-state index in [1.54, 1.807) is 19.1 Å². The van der Waals surface area contributed by atoms with Gasteiger partial charge in [-0.2, -0.15) is 8.78 Å². The number of nitrogens with one attached hydrogen (secondary N) is 1. The SMILES string of the molecule is COc1cc2nc(C)nc(NCc3cccc(C(F)(F)C(C)(C)O)c3F)c2cc1OC(C)COC1CCC1. The van der Waals surface area contributed by atoms with Crippen molar-refractivity contribution in [2.45, 2.75) is 77.2 Å². The lowest BCUT2D eigenvalue weighted by Gasteiger charge is -2.30. The monoisotopic (exact) mass is 533 g/mol. The number of hydrogen-bond donors (Lipinski definition) is 2. The number of alkyl halides is 2. The maximum Gasteiger partial charge on any atom is 0.303 e. The molecule has 1 fully saturated rings. The van der Waals surface area contributed by atoms with Crippen molar-refractivity contribution in [2.75, 3.05) is 19.0 Å². The number of fused-ring (bicyclic) bond motifs is 1. The lowest BCUT2D eigenvalue weighted by atomic mass is 9.92. The molecule has 1 heterocycles. The van der Waals surface area contributed by atoms with Gasteiger partial charge in [0.05, 0.1) is 30.9 Å². The van der Waals surface area contributed by atoms with Crippen molar-refractivity contribution < 1.29 is 32.5 Å². The number of aryl methyl sites for hydroxylation is 1. The van der Waals surface area contributed by atoms with E-state index >= 15 is 4.39 Å². The average molecular weight is 534 g/mol. The van der Waals surface area contributed by atoms with Gasteiger partial charge in [0.25, 0.3) is 0 Å². The Morgan fingerprint density at radius 3 is 2.53 bits per heavy atom. The third kappa shape index (κ3) is 5.81. The molecule has 10 heteroatoms. The molecule has 1 saturated carbocycles. The summed E-state index contributed by atoms with van der Waals surface area (Å²) in [7, 11) is 1.54. The van der Waals surface area contributed by atoms with E-state index in [1.165, 1.54) is 25.7 Å². The fraction of sp³-hybridized carbons (Fsp3) is 0.500. The molecule has 0 amide bonds. The number of benzene rings is 2. The van der Waals surface area contributed by atoms with Crippen molar-refractivity contribution in [3.8, 4) is 11.5 Å². The first-order valence-corrected chi connectivity index (χ1v) is 12.7. The van der Waals surface area contributed by atoms with Crippen molar-refractivity contribution in [2.24, 2.45) is 0 Å². The minimum Gasteiger partial charge on any atom is -0.493 e. The summed E-state index contributed by atoms with van der Waals surface area (Å²) in [5.41, 5.74) is -2.73. The van der Waals surface area contributed by atoms with Crippen LogP contribution in [0.15, 0.2) is 30.3 Å². The van der Waals surface area contributed by atoms with Crippen molar-refractivity contribution in [1.29, 1.82) is 0 Å². The standard InChI is InChI=1S/C28H34F3N3O4/c1-16(15-37-19-9-7-10-19)38-24-12-20-22(13-23(24)36-5)33-17(2)34-26(20)32-14-18-8-6-11-21(25(18)29)28(30,31)27(3,4)35/h6,8,11-13,16,19,35H,7,9-10,14-15H2,1-5H3,(H,32,33,34). The second-order valence-electron chi connectivity index (χ2n) is 10.2. The first-order chi connectivity index (χ1) is 17.9. The highest BCUT2D eigenvalue weighted by molar-refractivity contribution is 5.91. The number of anilines is 1. The van der Waals surface area contributed by atoms with Gasteiger partial charge < -0.3 is 24.6 Å². The summed E-state index contributed by atoms with van der Waals surface area (Å²) in [6.45, 7) is 5.83. The third-order valence-corrected chi connectivity index (χ3v) is 6.67. The molecule has 4 rings (SSSR count). The van der Waals surface area contributed by atoms with Crippen LogP contribution < -0.4 is 14.8 Å². The molecule has 3 aromatic rings. The summed E-state index contributed by atoms with van der Waals surface area (Å²) in [6.07, 6.45) is 3.37. The summed E-state index contributed by atoms with van der Waals surface area (Å²) < 4.78 is 62.1. The van der Waals surface area contributed by atoms with E-state index in [2.05, 4.69) is 15.3 Å². The molecule has 0 radical (unpaired) electrons. The van der Waals surface area contributed by atoms with E-state index in [9.17, 15) is 13.9 Å². The minimum absolute atomic E-state index is 0.00240. The van der Waals surface area contributed by atoms with Crippen LogP contribution in [0.2, 0.25) is 0 Å². The lowest BCUT2D eigenvalue weighted by molar-refractivity contribution is -0.170. The normalized spacial score (nSPS) is 15.3. The zero-order chi connectivity index (χ0) is 27.7. The second-order valence-corrected chi connectivity index (χ2v) is 10.2. The number of aliphatic hydroxyl groups is 1. The Hall–Kier alpha value is -3.11. The Kier molecular flexibility index (Phi) is 8.04. The third-order valence-electron chi connectivity index (χ3n) is 6.67. The van der Waals surface area contributed by atoms with Crippen molar-refractivity contribution in [3.63, 3.8) is 0 Å². The van der Waals surface area contributed by atoms with Gasteiger partial charge in [-0.1, -0.05) is 12.1 Å². The summed E-state index contributed by atoms with van der Waals surface area (Å²) in [4.78, 5) is 8.93. The molecular weight excluding hydrogens is 499 g/mol. The largest absolute Gasteiger partial charge is 0.493 e. The molecule has 1 aromatic heterocycles. The van der Waals surface area contributed by atoms with E-state index in [-0.39, 0.29) is 24.3 Å². The van der Waals surface area contributed by atoms with Gasteiger partial charge in [-0.15, -0.1) is 0 Å². The Labute approximate surface area is 220 Å². The van der Waals surface area contributed by atoms with Crippen LogP contribution in [0, 0.1) is 12.7 Å². The molecule has 2 aromatic carbocycles. The molecule has 7 nitrogen and oxygen atoms in total. The van der Waals surface area contributed by atoms with Gasteiger partial charge >= 0.3 is 5.92 Å². The molecule has 1 atom stereocenters. The number of halogens is 3. The molecule has 0 saturated heterocycles. The highest BCUT2D eigenvalue weighted by Crippen LogP contribution is 2.41. The quantitative estimate of drug-likeness (QED) is 0.318. The van der Waals surface area contributed by atoms with E-state index < -0.39 is 22.9 Å². The van der Waals surface area contributed by atoms with Crippen LogP contribution in [0.1, 0.15) is 57.0 Å². The lowest BCUT2D eigenvalue weighted by Crippen LogP contribution is -2.41. The number of nitrogens with zero attached hydrogens (tertiary/aromatic N) is 2.